The number of morpholine rings is 1. The lowest BCUT2D eigenvalue weighted by Gasteiger charge is -2.31. The zero-order chi connectivity index (χ0) is 11.8. The second kappa shape index (κ2) is 4.11. The van der Waals surface area contributed by atoms with Gasteiger partial charge in [-0.2, -0.15) is 0 Å². The Balaban J connectivity index is 1.78. The standard InChI is InChI=1S/C13H16N2O2/c1-9-3-2-4-12(14-9)13(16)15-7-10-5-6-11(8-15)17-10/h2-4,10-11H,5-8H2,1H3. The van der Waals surface area contributed by atoms with E-state index >= 15 is 0 Å². The second-order valence-corrected chi connectivity index (χ2v) is 4.83. The van der Waals surface area contributed by atoms with Crippen molar-refractivity contribution >= 4 is 5.91 Å². The monoisotopic (exact) mass is 232 g/mol. The second-order valence-electron chi connectivity index (χ2n) is 4.83. The molecule has 0 radical (unpaired) electrons. The van der Waals surface area contributed by atoms with Crippen LogP contribution in [0.15, 0.2) is 18.2 Å². The zero-order valence-corrected chi connectivity index (χ0v) is 9.93. The lowest BCUT2D eigenvalue weighted by molar-refractivity contribution is -0.0305. The Bertz CT molecular complexity index is 435. The molecule has 3 rings (SSSR count). The number of likely N-dealkylation sites (tertiary alicyclic amines) is 1. The van der Waals surface area contributed by atoms with E-state index in [0.29, 0.717) is 18.8 Å². The molecule has 0 saturated carbocycles. The highest BCUT2D eigenvalue weighted by molar-refractivity contribution is 5.92. The average Bonchev–Trinajstić information content (AvgIpc) is 2.67. The van der Waals surface area contributed by atoms with E-state index in [1.807, 2.05) is 24.0 Å². The molecule has 17 heavy (non-hydrogen) atoms. The molecule has 1 amide bonds. The molecule has 2 aliphatic rings. The van der Waals surface area contributed by atoms with Gasteiger partial charge in [0.25, 0.3) is 5.91 Å². The summed E-state index contributed by atoms with van der Waals surface area (Å²) in [6.07, 6.45) is 2.63. The number of aryl methyl sites for hydroxylation is 1. The van der Waals surface area contributed by atoms with Gasteiger partial charge in [-0.15, -0.1) is 0 Å². The molecule has 1 aromatic heterocycles. The third-order valence-corrected chi connectivity index (χ3v) is 3.44. The Kier molecular flexibility index (Phi) is 2.59. The maximum atomic E-state index is 12.3. The Morgan fingerprint density at radius 2 is 2.06 bits per heavy atom. The van der Waals surface area contributed by atoms with Crippen LogP contribution < -0.4 is 0 Å². The fraction of sp³-hybridized carbons (Fsp3) is 0.538. The molecule has 0 aliphatic carbocycles. The lowest BCUT2D eigenvalue weighted by Crippen LogP contribution is -2.46. The number of fused-ring (bicyclic) bond motifs is 2. The number of nitrogens with zero attached hydrogens (tertiary/aromatic N) is 2. The van der Waals surface area contributed by atoms with E-state index in [1.165, 1.54) is 0 Å². The Labute approximate surface area is 101 Å². The van der Waals surface area contributed by atoms with E-state index in [-0.39, 0.29) is 18.1 Å². The van der Waals surface area contributed by atoms with E-state index in [1.54, 1.807) is 6.07 Å². The minimum absolute atomic E-state index is 0.0360. The molecule has 2 atom stereocenters. The van der Waals surface area contributed by atoms with Gasteiger partial charge in [0.1, 0.15) is 5.69 Å². The lowest BCUT2D eigenvalue weighted by atomic mass is 10.2. The van der Waals surface area contributed by atoms with E-state index < -0.39 is 0 Å². The summed E-state index contributed by atoms with van der Waals surface area (Å²) < 4.78 is 5.72. The molecule has 0 spiro atoms. The van der Waals surface area contributed by atoms with Crippen LogP contribution in [0, 0.1) is 6.92 Å². The van der Waals surface area contributed by atoms with Crippen molar-refractivity contribution in [3.05, 3.63) is 29.6 Å². The predicted octanol–water partition coefficient (Wildman–Crippen LogP) is 1.39. The van der Waals surface area contributed by atoms with Crippen molar-refractivity contribution in [2.75, 3.05) is 13.1 Å². The van der Waals surface area contributed by atoms with Gasteiger partial charge >= 0.3 is 0 Å². The number of rotatable bonds is 1. The molecular formula is C13H16N2O2. The van der Waals surface area contributed by atoms with Gasteiger partial charge in [-0.05, 0) is 31.9 Å². The van der Waals surface area contributed by atoms with Crippen molar-refractivity contribution in [3.63, 3.8) is 0 Å². The molecule has 4 heteroatoms. The quantitative estimate of drug-likeness (QED) is 0.735. The number of carbonyl (C=O) groups excluding carboxylic acids is 1. The molecule has 1 aromatic rings. The van der Waals surface area contributed by atoms with Crippen LogP contribution >= 0.6 is 0 Å². The molecule has 4 nitrogen and oxygen atoms in total. The largest absolute Gasteiger partial charge is 0.371 e. The topological polar surface area (TPSA) is 42.4 Å². The van der Waals surface area contributed by atoms with E-state index in [9.17, 15) is 4.79 Å². The number of amides is 1. The van der Waals surface area contributed by atoms with Gasteiger partial charge in [0.2, 0.25) is 0 Å². The number of aromatic nitrogens is 1. The van der Waals surface area contributed by atoms with Crippen LogP contribution in [0.3, 0.4) is 0 Å². The van der Waals surface area contributed by atoms with Crippen LogP contribution in [0.25, 0.3) is 0 Å². The van der Waals surface area contributed by atoms with Crippen LogP contribution in [0.1, 0.15) is 29.0 Å². The SMILES string of the molecule is Cc1cccc(C(=O)N2CC3CCC(C2)O3)n1. The third kappa shape index (κ3) is 2.05. The van der Waals surface area contributed by atoms with Gasteiger partial charge < -0.3 is 9.64 Å². The molecule has 2 fully saturated rings. The highest BCUT2D eigenvalue weighted by Gasteiger charge is 2.36. The minimum Gasteiger partial charge on any atom is -0.371 e. The van der Waals surface area contributed by atoms with Crippen molar-refractivity contribution in [3.8, 4) is 0 Å². The fourth-order valence-electron chi connectivity index (χ4n) is 2.60. The summed E-state index contributed by atoms with van der Waals surface area (Å²) in [6.45, 7) is 3.33. The van der Waals surface area contributed by atoms with Crippen molar-refractivity contribution in [2.24, 2.45) is 0 Å². The summed E-state index contributed by atoms with van der Waals surface area (Å²) >= 11 is 0. The van der Waals surface area contributed by atoms with Crippen molar-refractivity contribution in [1.29, 1.82) is 0 Å². The molecule has 2 aliphatic heterocycles. The van der Waals surface area contributed by atoms with Gasteiger partial charge in [0.05, 0.1) is 12.2 Å². The number of pyridine rings is 1. The third-order valence-electron chi connectivity index (χ3n) is 3.44. The molecule has 2 saturated heterocycles. The van der Waals surface area contributed by atoms with E-state index in [0.717, 1.165) is 18.5 Å². The molecule has 3 heterocycles. The molecule has 2 bridgehead atoms. The molecule has 0 N–H and O–H groups in total. The highest BCUT2D eigenvalue weighted by atomic mass is 16.5. The minimum atomic E-state index is 0.0360. The van der Waals surface area contributed by atoms with Gasteiger partial charge in [0.15, 0.2) is 0 Å². The number of ether oxygens (including phenoxy) is 1. The van der Waals surface area contributed by atoms with Crippen LogP contribution in [0.5, 0.6) is 0 Å². The molecular weight excluding hydrogens is 216 g/mol. The first-order chi connectivity index (χ1) is 8.22. The van der Waals surface area contributed by atoms with Crippen molar-refractivity contribution in [1.82, 2.24) is 9.88 Å². The normalized spacial score (nSPS) is 27.2. The highest BCUT2D eigenvalue weighted by Crippen LogP contribution is 2.26. The van der Waals surface area contributed by atoms with Gasteiger partial charge in [0, 0.05) is 18.8 Å². The maximum absolute atomic E-state index is 12.3. The summed E-state index contributed by atoms with van der Waals surface area (Å²) in [5, 5.41) is 0. The Hall–Kier alpha value is -1.42. The van der Waals surface area contributed by atoms with Crippen LogP contribution in [-0.4, -0.2) is 41.1 Å². The summed E-state index contributed by atoms with van der Waals surface area (Å²) in [6, 6.07) is 5.57. The summed E-state index contributed by atoms with van der Waals surface area (Å²) in [7, 11) is 0. The van der Waals surface area contributed by atoms with Gasteiger partial charge in [-0.1, -0.05) is 6.07 Å². The average molecular weight is 232 g/mol. The first kappa shape index (κ1) is 10.7. The number of hydrogen-bond acceptors (Lipinski definition) is 3. The number of carbonyl (C=O) groups is 1. The Morgan fingerprint density at radius 3 is 2.71 bits per heavy atom. The maximum Gasteiger partial charge on any atom is 0.272 e. The number of hydrogen-bond donors (Lipinski definition) is 0. The summed E-state index contributed by atoms with van der Waals surface area (Å²) in [5.74, 6) is 0.0360. The van der Waals surface area contributed by atoms with Gasteiger partial charge in [-0.3, -0.25) is 4.79 Å². The fourth-order valence-corrected chi connectivity index (χ4v) is 2.60. The summed E-state index contributed by atoms with van der Waals surface area (Å²) in [4.78, 5) is 18.4. The molecule has 90 valence electrons. The first-order valence-electron chi connectivity index (χ1n) is 6.11. The molecule has 0 aromatic carbocycles. The van der Waals surface area contributed by atoms with Crippen LogP contribution in [0.4, 0.5) is 0 Å². The van der Waals surface area contributed by atoms with Crippen LogP contribution in [0.2, 0.25) is 0 Å². The Morgan fingerprint density at radius 1 is 1.35 bits per heavy atom. The summed E-state index contributed by atoms with van der Waals surface area (Å²) in [5.41, 5.74) is 1.43. The first-order valence-corrected chi connectivity index (χ1v) is 6.11. The van der Waals surface area contributed by atoms with Crippen molar-refractivity contribution in [2.45, 2.75) is 32.0 Å². The van der Waals surface area contributed by atoms with E-state index in [2.05, 4.69) is 4.98 Å². The van der Waals surface area contributed by atoms with Gasteiger partial charge in [-0.25, -0.2) is 4.98 Å². The van der Waals surface area contributed by atoms with Crippen molar-refractivity contribution < 1.29 is 9.53 Å². The van der Waals surface area contributed by atoms with E-state index in [4.69, 9.17) is 4.74 Å². The van der Waals surface area contributed by atoms with Crippen LogP contribution in [-0.2, 0) is 4.74 Å². The molecule has 2 unspecified atom stereocenters. The smallest absolute Gasteiger partial charge is 0.272 e. The zero-order valence-electron chi connectivity index (χ0n) is 9.93. The predicted molar refractivity (Wildman–Crippen MR) is 62.8 cm³/mol.